The number of benzene rings is 2. The van der Waals surface area contributed by atoms with E-state index in [0.29, 0.717) is 24.9 Å². The van der Waals surface area contributed by atoms with Gasteiger partial charge in [-0.3, -0.25) is 0 Å². The highest BCUT2D eigenvalue weighted by Gasteiger charge is 2.14. The summed E-state index contributed by atoms with van der Waals surface area (Å²) in [5.41, 5.74) is 6.99. The Labute approximate surface area is 224 Å². The van der Waals surface area contributed by atoms with E-state index in [-0.39, 0.29) is 6.03 Å². The maximum Gasteiger partial charge on any atom is 0.314 e. The minimum Gasteiger partial charge on any atom is -0.378 e. The molecule has 2 aromatic carbocycles. The normalized spacial score (nSPS) is 14.5. The van der Waals surface area contributed by atoms with Gasteiger partial charge in [0, 0.05) is 44.3 Å². The molecule has 2 N–H and O–H groups in total. The Bertz CT molecular complexity index is 1250. The van der Waals surface area contributed by atoms with Gasteiger partial charge in [0.2, 0.25) is 0 Å². The van der Waals surface area contributed by atoms with Gasteiger partial charge in [0.15, 0.2) is 4.80 Å². The highest BCUT2D eigenvalue weighted by molar-refractivity contribution is 7.07. The van der Waals surface area contributed by atoms with Crippen molar-refractivity contribution in [2.24, 2.45) is 4.99 Å². The lowest BCUT2D eigenvalue weighted by Gasteiger charge is -2.28. The Hall–Kier alpha value is -3.10. The van der Waals surface area contributed by atoms with Crippen molar-refractivity contribution in [3.05, 3.63) is 63.8 Å². The van der Waals surface area contributed by atoms with Crippen molar-refractivity contribution < 1.29 is 9.53 Å². The standard InChI is InChI=1S/C29H39N5O2S/c1-20(2)23-8-11-25(21(3)4)26(18-23)32-29-34(13-12-31-28(35)30-5)27(19-37-29)22-6-9-24(10-7-22)33-14-16-36-17-15-33/h6-11,18-21H,12-17H2,1-5H3,(H2,30,31,35). The third kappa shape index (κ3) is 6.62. The first kappa shape index (κ1) is 26.9. The first-order chi connectivity index (χ1) is 17.9. The number of nitrogens with one attached hydrogen (secondary N) is 2. The summed E-state index contributed by atoms with van der Waals surface area (Å²) in [6.45, 7) is 13.3. The first-order valence-electron chi connectivity index (χ1n) is 13.1. The summed E-state index contributed by atoms with van der Waals surface area (Å²) in [7, 11) is 1.63. The summed E-state index contributed by atoms with van der Waals surface area (Å²) in [5.74, 6) is 0.804. The summed E-state index contributed by atoms with van der Waals surface area (Å²) in [5, 5.41) is 7.72. The zero-order chi connectivity index (χ0) is 26.4. The highest BCUT2D eigenvalue weighted by Crippen LogP contribution is 2.31. The molecule has 7 nitrogen and oxygen atoms in total. The Kier molecular flexibility index (Phi) is 9.05. The SMILES string of the molecule is CNC(=O)NCCn1c(-c2ccc(N3CCOCC3)cc2)csc1=Nc1cc(C(C)C)ccc1C(C)C. The number of thiazole rings is 1. The zero-order valence-electron chi connectivity index (χ0n) is 22.6. The van der Waals surface area contributed by atoms with Crippen LogP contribution < -0.4 is 20.3 Å². The number of morpholine rings is 1. The summed E-state index contributed by atoms with van der Waals surface area (Å²) < 4.78 is 7.72. The molecule has 1 aliphatic rings. The van der Waals surface area contributed by atoms with Gasteiger partial charge in [-0.2, -0.15) is 0 Å². The fourth-order valence-corrected chi connectivity index (χ4v) is 5.46. The smallest absolute Gasteiger partial charge is 0.314 e. The molecular formula is C29H39N5O2S. The molecule has 1 aliphatic heterocycles. The molecular weight excluding hydrogens is 482 g/mol. The predicted molar refractivity (Wildman–Crippen MR) is 153 cm³/mol. The van der Waals surface area contributed by atoms with Crippen LogP contribution in [0.15, 0.2) is 52.8 Å². The van der Waals surface area contributed by atoms with Crippen molar-refractivity contribution in [3.63, 3.8) is 0 Å². The third-order valence-electron chi connectivity index (χ3n) is 6.74. The fourth-order valence-electron chi connectivity index (χ4n) is 4.51. The Balaban J connectivity index is 1.73. The number of anilines is 1. The molecule has 1 saturated heterocycles. The Morgan fingerprint density at radius 3 is 2.43 bits per heavy atom. The molecule has 37 heavy (non-hydrogen) atoms. The number of hydrogen-bond acceptors (Lipinski definition) is 5. The third-order valence-corrected chi connectivity index (χ3v) is 7.61. The van der Waals surface area contributed by atoms with Gasteiger partial charge < -0.3 is 24.8 Å². The molecule has 0 aliphatic carbocycles. The van der Waals surface area contributed by atoms with E-state index in [1.165, 1.54) is 16.8 Å². The molecule has 8 heteroatoms. The quantitative estimate of drug-likeness (QED) is 0.413. The second-order valence-electron chi connectivity index (χ2n) is 9.95. The van der Waals surface area contributed by atoms with Crippen LogP contribution in [0.1, 0.15) is 50.7 Å². The predicted octanol–water partition coefficient (Wildman–Crippen LogP) is 5.46. The molecule has 2 amide bonds. The lowest BCUT2D eigenvalue weighted by molar-refractivity contribution is 0.122. The van der Waals surface area contributed by atoms with E-state index in [4.69, 9.17) is 9.73 Å². The van der Waals surface area contributed by atoms with E-state index < -0.39 is 0 Å². The van der Waals surface area contributed by atoms with Gasteiger partial charge in [0.25, 0.3) is 0 Å². The Morgan fingerprint density at radius 1 is 1.05 bits per heavy atom. The van der Waals surface area contributed by atoms with Gasteiger partial charge in [-0.1, -0.05) is 52.0 Å². The van der Waals surface area contributed by atoms with Crippen molar-refractivity contribution in [3.8, 4) is 11.3 Å². The van der Waals surface area contributed by atoms with Crippen molar-refractivity contribution in [1.29, 1.82) is 0 Å². The second kappa shape index (κ2) is 12.4. The molecule has 2 heterocycles. The van der Waals surface area contributed by atoms with Crippen LogP contribution in [0.3, 0.4) is 0 Å². The topological polar surface area (TPSA) is 70.9 Å². The van der Waals surface area contributed by atoms with E-state index in [2.05, 4.69) is 95.6 Å². The minimum absolute atomic E-state index is 0.183. The molecule has 0 radical (unpaired) electrons. The van der Waals surface area contributed by atoms with Crippen LogP contribution in [0.5, 0.6) is 0 Å². The number of carbonyl (C=O) groups is 1. The van der Waals surface area contributed by atoms with Gasteiger partial charge >= 0.3 is 6.03 Å². The largest absolute Gasteiger partial charge is 0.378 e. The van der Waals surface area contributed by atoms with Crippen LogP contribution in [0, 0.1) is 0 Å². The van der Waals surface area contributed by atoms with Gasteiger partial charge in [-0.15, -0.1) is 11.3 Å². The van der Waals surface area contributed by atoms with Crippen LogP contribution in [0.4, 0.5) is 16.2 Å². The first-order valence-corrected chi connectivity index (χ1v) is 14.0. The van der Waals surface area contributed by atoms with Gasteiger partial charge in [0.1, 0.15) is 0 Å². The molecule has 1 aromatic heterocycles. The average Bonchev–Trinajstić information content (AvgIpc) is 3.31. The molecule has 3 aromatic rings. The number of urea groups is 1. The number of aromatic nitrogens is 1. The molecule has 4 rings (SSSR count). The van der Waals surface area contributed by atoms with E-state index in [1.54, 1.807) is 18.4 Å². The van der Waals surface area contributed by atoms with Crippen molar-refractivity contribution in [2.45, 2.75) is 46.1 Å². The van der Waals surface area contributed by atoms with Crippen LogP contribution in [0.2, 0.25) is 0 Å². The molecule has 0 bridgehead atoms. The van der Waals surface area contributed by atoms with Gasteiger partial charge in [-0.25, -0.2) is 9.79 Å². The fraction of sp³-hybridized carbons (Fsp3) is 0.448. The molecule has 0 atom stereocenters. The van der Waals surface area contributed by atoms with Crippen LogP contribution in [-0.4, -0.2) is 50.5 Å². The molecule has 0 saturated carbocycles. The van der Waals surface area contributed by atoms with Crippen LogP contribution in [-0.2, 0) is 11.3 Å². The summed E-state index contributed by atoms with van der Waals surface area (Å²) in [6.07, 6.45) is 0. The van der Waals surface area contributed by atoms with E-state index in [0.717, 1.165) is 48.0 Å². The maximum absolute atomic E-state index is 11.8. The van der Waals surface area contributed by atoms with E-state index in [9.17, 15) is 4.79 Å². The van der Waals surface area contributed by atoms with Crippen molar-refractivity contribution >= 4 is 28.7 Å². The number of rotatable bonds is 8. The molecule has 198 valence electrons. The van der Waals surface area contributed by atoms with Crippen molar-refractivity contribution in [1.82, 2.24) is 15.2 Å². The average molecular weight is 522 g/mol. The molecule has 1 fully saturated rings. The second-order valence-corrected chi connectivity index (χ2v) is 10.8. The van der Waals surface area contributed by atoms with Gasteiger partial charge in [-0.05, 0) is 46.7 Å². The number of carbonyl (C=O) groups excluding carboxylic acids is 1. The molecule has 0 unspecified atom stereocenters. The van der Waals surface area contributed by atoms with Crippen LogP contribution >= 0.6 is 11.3 Å². The zero-order valence-corrected chi connectivity index (χ0v) is 23.4. The number of amides is 2. The Morgan fingerprint density at radius 2 is 1.78 bits per heavy atom. The number of hydrogen-bond donors (Lipinski definition) is 2. The van der Waals surface area contributed by atoms with Crippen LogP contribution in [0.25, 0.3) is 11.3 Å². The minimum atomic E-state index is -0.183. The monoisotopic (exact) mass is 521 g/mol. The molecule has 0 spiro atoms. The van der Waals surface area contributed by atoms with Crippen molar-refractivity contribution in [2.75, 3.05) is 44.8 Å². The van der Waals surface area contributed by atoms with E-state index in [1.807, 2.05) is 0 Å². The summed E-state index contributed by atoms with van der Waals surface area (Å²) in [4.78, 5) is 20.3. The van der Waals surface area contributed by atoms with E-state index >= 15 is 0 Å². The summed E-state index contributed by atoms with van der Waals surface area (Å²) in [6, 6.07) is 15.2. The number of nitrogens with zero attached hydrogens (tertiary/aromatic N) is 3. The maximum atomic E-state index is 11.8. The van der Waals surface area contributed by atoms with Gasteiger partial charge in [0.05, 0.1) is 24.6 Å². The highest BCUT2D eigenvalue weighted by atomic mass is 32.1. The lowest BCUT2D eigenvalue weighted by Crippen LogP contribution is -2.36. The summed E-state index contributed by atoms with van der Waals surface area (Å²) >= 11 is 1.64. The number of ether oxygens (including phenoxy) is 1. The lowest BCUT2D eigenvalue weighted by atomic mass is 9.95.